The molecule has 168 valence electrons. The normalized spacial score (nSPS) is 14.9. The molecule has 1 atom stereocenters. The minimum Gasteiger partial charge on any atom is -0.396 e. The van der Waals surface area contributed by atoms with Gasteiger partial charge in [0.05, 0.1) is 21.8 Å². The van der Waals surface area contributed by atoms with Gasteiger partial charge in [-0.3, -0.25) is 14.6 Å². The fraction of sp³-hybridized carbons (Fsp3) is 0.500. The summed E-state index contributed by atoms with van der Waals surface area (Å²) in [4.78, 5) is 31.1. The lowest BCUT2D eigenvalue weighted by Crippen LogP contribution is -2.47. The van der Waals surface area contributed by atoms with E-state index in [9.17, 15) is 9.59 Å². The largest absolute Gasteiger partial charge is 0.396 e. The van der Waals surface area contributed by atoms with E-state index >= 15 is 0 Å². The number of nitrogens with zero attached hydrogens (tertiary/aromatic N) is 1. The molecule has 0 radical (unpaired) electrons. The lowest BCUT2D eigenvalue weighted by molar-refractivity contribution is -0.123. The lowest BCUT2D eigenvalue weighted by atomic mass is 9.97. The van der Waals surface area contributed by atoms with Crippen LogP contribution in [0.5, 0.6) is 0 Å². The topological polar surface area (TPSA) is 103 Å². The van der Waals surface area contributed by atoms with Gasteiger partial charge in [-0.05, 0) is 37.0 Å². The van der Waals surface area contributed by atoms with Crippen molar-refractivity contribution in [2.24, 2.45) is 5.92 Å². The lowest BCUT2D eigenvalue weighted by Gasteiger charge is -2.21. The molecule has 7 nitrogen and oxygen atoms in total. The molecule has 31 heavy (non-hydrogen) atoms. The molecule has 0 aliphatic heterocycles. The van der Waals surface area contributed by atoms with Crippen molar-refractivity contribution in [3.05, 3.63) is 45.4 Å². The molecule has 2 amide bonds. The number of aliphatic hydroxyl groups excluding tert-OH is 1. The summed E-state index contributed by atoms with van der Waals surface area (Å²) in [6, 6.07) is 4.91. The van der Waals surface area contributed by atoms with Crippen LogP contribution < -0.4 is 16.0 Å². The number of amides is 2. The molecule has 9 heteroatoms. The van der Waals surface area contributed by atoms with Crippen LogP contribution in [0.1, 0.15) is 53.1 Å². The zero-order valence-electron chi connectivity index (χ0n) is 17.4. The second-order valence-corrected chi connectivity index (χ2v) is 9.40. The first-order chi connectivity index (χ1) is 15.0. The van der Waals surface area contributed by atoms with Crippen LogP contribution in [0.2, 0.25) is 5.02 Å². The predicted molar refractivity (Wildman–Crippen MR) is 123 cm³/mol. The van der Waals surface area contributed by atoms with Gasteiger partial charge in [-0.1, -0.05) is 37.3 Å². The van der Waals surface area contributed by atoms with Crippen LogP contribution in [0.25, 0.3) is 0 Å². The van der Waals surface area contributed by atoms with E-state index in [1.165, 1.54) is 24.2 Å². The van der Waals surface area contributed by atoms with E-state index < -0.39 is 6.04 Å². The number of rotatable bonds is 11. The predicted octanol–water partition coefficient (Wildman–Crippen LogP) is 3.59. The van der Waals surface area contributed by atoms with Crippen molar-refractivity contribution in [3.8, 4) is 0 Å². The summed E-state index contributed by atoms with van der Waals surface area (Å²) in [5, 5.41) is 18.5. The highest BCUT2D eigenvalue weighted by Crippen LogP contribution is 2.29. The average molecular weight is 465 g/mol. The Morgan fingerprint density at radius 1 is 1.26 bits per heavy atom. The monoisotopic (exact) mass is 464 g/mol. The van der Waals surface area contributed by atoms with Gasteiger partial charge in [0.15, 0.2) is 0 Å². The molecule has 1 fully saturated rings. The van der Waals surface area contributed by atoms with Gasteiger partial charge in [-0.2, -0.15) is 0 Å². The second-order valence-electron chi connectivity index (χ2n) is 7.79. The van der Waals surface area contributed by atoms with Crippen LogP contribution >= 0.6 is 22.9 Å². The number of carbonyl (C=O) groups excluding carboxylic acids is 2. The number of halogens is 1. The maximum absolute atomic E-state index is 12.8. The Morgan fingerprint density at radius 2 is 2.06 bits per heavy atom. The SMILES string of the molecule is O=C(N[C@@H](CC1CCCC1)C(=O)NCCCO)c1ccc(CNc2cncc(Cl)c2)s1. The van der Waals surface area contributed by atoms with Gasteiger partial charge in [0.25, 0.3) is 5.91 Å². The molecule has 2 heterocycles. The van der Waals surface area contributed by atoms with Gasteiger partial charge in [0.2, 0.25) is 5.91 Å². The first-order valence-corrected chi connectivity index (χ1v) is 11.9. The van der Waals surface area contributed by atoms with Crippen molar-refractivity contribution in [2.75, 3.05) is 18.5 Å². The molecule has 1 aliphatic rings. The first-order valence-electron chi connectivity index (χ1n) is 10.7. The van der Waals surface area contributed by atoms with Crippen LogP contribution in [0, 0.1) is 5.92 Å². The number of aliphatic hydroxyl groups is 1. The number of nitrogens with one attached hydrogen (secondary N) is 3. The summed E-state index contributed by atoms with van der Waals surface area (Å²) >= 11 is 7.34. The van der Waals surface area contributed by atoms with Gasteiger partial charge in [-0.15, -0.1) is 11.3 Å². The van der Waals surface area contributed by atoms with Gasteiger partial charge in [-0.25, -0.2) is 0 Å². The van der Waals surface area contributed by atoms with E-state index in [0.717, 1.165) is 23.4 Å². The van der Waals surface area contributed by atoms with Crippen LogP contribution in [-0.4, -0.2) is 41.1 Å². The van der Waals surface area contributed by atoms with E-state index in [-0.39, 0.29) is 18.4 Å². The number of pyridine rings is 1. The van der Waals surface area contributed by atoms with Crippen molar-refractivity contribution in [1.29, 1.82) is 0 Å². The molecule has 2 aromatic rings. The highest BCUT2D eigenvalue weighted by molar-refractivity contribution is 7.14. The fourth-order valence-corrected chi connectivity index (χ4v) is 4.77. The van der Waals surface area contributed by atoms with E-state index in [1.54, 1.807) is 24.5 Å². The first kappa shape index (κ1) is 23.5. The van der Waals surface area contributed by atoms with E-state index in [2.05, 4.69) is 20.9 Å². The number of hydrogen-bond donors (Lipinski definition) is 4. The quantitative estimate of drug-likeness (QED) is 0.380. The molecule has 4 N–H and O–H groups in total. The third kappa shape index (κ3) is 7.48. The molecule has 0 aromatic carbocycles. The number of thiophene rings is 1. The molecule has 0 spiro atoms. The number of hydrogen-bond acceptors (Lipinski definition) is 6. The minimum absolute atomic E-state index is 0.0250. The Kier molecular flexibility index (Phi) is 9.12. The van der Waals surface area contributed by atoms with Crippen LogP contribution in [-0.2, 0) is 11.3 Å². The Bertz CT molecular complexity index is 870. The fourth-order valence-electron chi connectivity index (χ4n) is 3.75. The molecule has 0 saturated heterocycles. The van der Waals surface area contributed by atoms with Gasteiger partial charge in [0, 0.05) is 30.8 Å². The summed E-state index contributed by atoms with van der Waals surface area (Å²) in [6.07, 6.45) is 8.98. The zero-order valence-corrected chi connectivity index (χ0v) is 19.0. The standard InChI is InChI=1S/C22H29ClN4O3S/c23-16-11-17(13-24-12-16)26-14-18-6-7-20(31-18)22(30)27-19(10-15-4-1-2-5-15)21(29)25-8-3-9-28/h6-7,11-13,15,19,26,28H,1-5,8-10,14H2,(H,25,29)(H,27,30)/t19-/m0/s1. The summed E-state index contributed by atoms with van der Waals surface area (Å²) in [5.41, 5.74) is 0.808. The smallest absolute Gasteiger partial charge is 0.262 e. The molecular formula is C22H29ClN4O3S. The van der Waals surface area contributed by atoms with Crippen molar-refractivity contribution >= 4 is 40.4 Å². The third-order valence-corrected chi connectivity index (χ3v) is 6.65. The second kappa shape index (κ2) is 12.0. The Balaban J connectivity index is 1.57. The Hall–Kier alpha value is -2.16. The molecule has 3 rings (SSSR count). The highest BCUT2D eigenvalue weighted by atomic mass is 35.5. The van der Waals surface area contributed by atoms with E-state index in [0.29, 0.717) is 41.7 Å². The molecule has 2 aromatic heterocycles. The van der Waals surface area contributed by atoms with Gasteiger partial charge in [0.1, 0.15) is 6.04 Å². The molecular weight excluding hydrogens is 436 g/mol. The van der Waals surface area contributed by atoms with Gasteiger partial charge >= 0.3 is 0 Å². The summed E-state index contributed by atoms with van der Waals surface area (Å²) < 4.78 is 0. The molecule has 0 unspecified atom stereocenters. The van der Waals surface area contributed by atoms with Crippen molar-refractivity contribution in [3.63, 3.8) is 0 Å². The Morgan fingerprint density at radius 3 is 2.81 bits per heavy atom. The van der Waals surface area contributed by atoms with Crippen LogP contribution in [0.3, 0.4) is 0 Å². The van der Waals surface area contributed by atoms with Gasteiger partial charge < -0.3 is 21.1 Å². The number of anilines is 1. The van der Waals surface area contributed by atoms with Crippen molar-refractivity contribution in [1.82, 2.24) is 15.6 Å². The molecule has 0 bridgehead atoms. The minimum atomic E-state index is -0.560. The summed E-state index contributed by atoms with van der Waals surface area (Å²) in [6.45, 7) is 0.976. The Labute approximate surface area is 191 Å². The zero-order chi connectivity index (χ0) is 22.1. The molecule has 1 aliphatic carbocycles. The average Bonchev–Trinajstić information content (AvgIpc) is 3.44. The number of aromatic nitrogens is 1. The van der Waals surface area contributed by atoms with Crippen molar-refractivity contribution in [2.45, 2.75) is 51.1 Å². The van der Waals surface area contributed by atoms with Crippen LogP contribution in [0.15, 0.2) is 30.6 Å². The third-order valence-electron chi connectivity index (χ3n) is 5.36. The molecule has 1 saturated carbocycles. The summed E-state index contributed by atoms with van der Waals surface area (Å²) in [7, 11) is 0. The van der Waals surface area contributed by atoms with Crippen molar-refractivity contribution < 1.29 is 14.7 Å². The maximum atomic E-state index is 12.8. The maximum Gasteiger partial charge on any atom is 0.262 e. The summed E-state index contributed by atoms with van der Waals surface area (Å²) in [5.74, 6) is 0.0462. The highest BCUT2D eigenvalue weighted by Gasteiger charge is 2.27. The number of carbonyl (C=O) groups is 2. The van der Waals surface area contributed by atoms with E-state index in [4.69, 9.17) is 16.7 Å². The van der Waals surface area contributed by atoms with Crippen LogP contribution in [0.4, 0.5) is 5.69 Å². The van der Waals surface area contributed by atoms with E-state index in [1.807, 2.05) is 6.07 Å².